The first kappa shape index (κ1) is 41.8. The molecule has 0 fully saturated rings. The molecule has 14 rings (SSSR count). The van der Waals surface area contributed by atoms with Crippen LogP contribution in [0.15, 0.2) is 259 Å². The lowest BCUT2D eigenvalue weighted by Gasteiger charge is -2.33. The van der Waals surface area contributed by atoms with Gasteiger partial charge in [0.05, 0.1) is 33.5 Å². The summed E-state index contributed by atoms with van der Waals surface area (Å²) in [5.74, 6) is 0. The van der Waals surface area contributed by atoms with E-state index in [1.807, 2.05) is 0 Å². The molecule has 0 saturated carbocycles. The van der Waals surface area contributed by atoms with Crippen LogP contribution in [0, 0.1) is 0 Å². The normalized spacial score (nSPS) is 12.7. The fraction of sp³-hybridized carbons (Fsp3) is 0.0435. The van der Waals surface area contributed by atoms with Gasteiger partial charge < -0.3 is 13.9 Å². The van der Waals surface area contributed by atoms with Gasteiger partial charge in [-0.1, -0.05) is 196 Å². The Labute approximate surface area is 419 Å². The molecule has 1 aliphatic carbocycles. The number of hydrogen-bond donors (Lipinski definition) is 0. The van der Waals surface area contributed by atoms with Crippen LogP contribution in [0.5, 0.6) is 0 Å². The van der Waals surface area contributed by atoms with Crippen LogP contribution in [-0.4, -0.2) is 4.57 Å². The number of aromatic nitrogens is 1. The van der Waals surface area contributed by atoms with Crippen LogP contribution in [0.4, 0.5) is 17.1 Å². The molecule has 3 heteroatoms. The molecule has 1 aliphatic rings. The van der Waals surface area contributed by atoms with Crippen molar-refractivity contribution < 1.29 is 4.42 Å². The standard InChI is InChI=1S/C69H48N2O/c1-69(2)58-30-17-15-29-54(58)66-59(69)31-19-33-63(66)71(61-38-34-48(45-20-7-3-8-21-45)42-55(61)47-24-11-5-12-25-47)68-52(46-22-9-4-10-23-46)37-41-65-67(68)57-44-50(36-40-64(57)72-65)49-35-39-62-56(43-49)53-28-16-18-32-60(53)70(62)51-26-13-6-14-27-51/h3-44H,1-2H3. The second kappa shape index (κ2) is 16.5. The first-order chi connectivity index (χ1) is 35.5. The Morgan fingerprint density at radius 3 is 1.69 bits per heavy atom. The molecule has 340 valence electrons. The maximum absolute atomic E-state index is 7.02. The van der Waals surface area contributed by atoms with E-state index in [0.29, 0.717) is 0 Å². The molecule has 0 aliphatic heterocycles. The van der Waals surface area contributed by atoms with Crippen molar-refractivity contribution >= 4 is 60.8 Å². The highest BCUT2D eigenvalue weighted by molar-refractivity contribution is 6.19. The number of benzene rings is 11. The van der Waals surface area contributed by atoms with Crippen molar-refractivity contribution in [2.75, 3.05) is 4.90 Å². The SMILES string of the molecule is CC1(C)c2ccccc2-c2c(N(c3ccc(-c4ccccc4)cc3-c3ccccc3)c3c(-c4ccccc4)ccc4oc5ccc(-c6ccc7c(c6)c6ccccc6n7-c6ccccc6)cc5c34)cccc21. The van der Waals surface area contributed by atoms with Crippen LogP contribution in [0.1, 0.15) is 25.0 Å². The third-order valence-electron chi connectivity index (χ3n) is 15.2. The summed E-state index contributed by atoms with van der Waals surface area (Å²) in [6.07, 6.45) is 0. The molecule has 0 amide bonds. The van der Waals surface area contributed by atoms with Crippen LogP contribution < -0.4 is 4.90 Å². The molecule has 72 heavy (non-hydrogen) atoms. The van der Waals surface area contributed by atoms with Gasteiger partial charge in [-0.15, -0.1) is 0 Å². The van der Waals surface area contributed by atoms with Gasteiger partial charge in [0.15, 0.2) is 0 Å². The molecule has 2 heterocycles. The van der Waals surface area contributed by atoms with Crippen molar-refractivity contribution in [2.45, 2.75) is 19.3 Å². The van der Waals surface area contributed by atoms with Crippen molar-refractivity contribution in [3.8, 4) is 61.3 Å². The predicted octanol–water partition coefficient (Wildman–Crippen LogP) is 19.1. The van der Waals surface area contributed by atoms with E-state index in [1.54, 1.807) is 0 Å². The Hall–Kier alpha value is -9.18. The largest absolute Gasteiger partial charge is 0.456 e. The third kappa shape index (κ3) is 6.51. The molecule has 0 radical (unpaired) electrons. The minimum absolute atomic E-state index is 0.215. The monoisotopic (exact) mass is 920 g/mol. The molecule has 0 spiro atoms. The number of fused-ring (bicyclic) bond motifs is 9. The van der Waals surface area contributed by atoms with E-state index in [-0.39, 0.29) is 5.41 Å². The number of rotatable bonds is 8. The van der Waals surface area contributed by atoms with Crippen molar-refractivity contribution in [1.29, 1.82) is 0 Å². The quantitative estimate of drug-likeness (QED) is 0.151. The summed E-state index contributed by atoms with van der Waals surface area (Å²) in [6.45, 7) is 4.74. The van der Waals surface area contributed by atoms with Crippen molar-refractivity contribution in [2.24, 2.45) is 0 Å². The second-order valence-corrected chi connectivity index (χ2v) is 19.6. The van der Waals surface area contributed by atoms with Crippen LogP contribution in [0.2, 0.25) is 0 Å². The van der Waals surface area contributed by atoms with E-state index >= 15 is 0 Å². The number of para-hydroxylation sites is 2. The van der Waals surface area contributed by atoms with Crippen LogP contribution >= 0.6 is 0 Å². The Kier molecular flexibility index (Phi) is 9.56. The maximum Gasteiger partial charge on any atom is 0.137 e. The molecule has 0 N–H and O–H groups in total. The van der Waals surface area contributed by atoms with Gasteiger partial charge in [-0.05, 0) is 123 Å². The van der Waals surface area contributed by atoms with E-state index in [1.165, 1.54) is 49.6 Å². The van der Waals surface area contributed by atoms with Crippen LogP contribution in [0.3, 0.4) is 0 Å². The molecular formula is C69H48N2O. The summed E-state index contributed by atoms with van der Waals surface area (Å²) in [7, 11) is 0. The Morgan fingerprint density at radius 1 is 0.361 bits per heavy atom. The van der Waals surface area contributed by atoms with Gasteiger partial charge in [0.25, 0.3) is 0 Å². The Morgan fingerprint density at radius 2 is 0.931 bits per heavy atom. The highest BCUT2D eigenvalue weighted by Gasteiger charge is 2.39. The summed E-state index contributed by atoms with van der Waals surface area (Å²) >= 11 is 0. The minimum Gasteiger partial charge on any atom is -0.456 e. The van der Waals surface area contributed by atoms with Crippen LogP contribution in [-0.2, 0) is 5.41 Å². The summed E-state index contributed by atoms with van der Waals surface area (Å²) in [5.41, 5.74) is 22.5. The maximum atomic E-state index is 7.02. The van der Waals surface area contributed by atoms with Gasteiger partial charge in [-0.25, -0.2) is 0 Å². The van der Waals surface area contributed by atoms with Gasteiger partial charge in [-0.3, -0.25) is 0 Å². The fourth-order valence-electron chi connectivity index (χ4n) is 11.8. The predicted molar refractivity (Wildman–Crippen MR) is 302 cm³/mol. The lowest BCUT2D eigenvalue weighted by molar-refractivity contribution is 0.660. The second-order valence-electron chi connectivity index (χ2n) is 19.6. The fourth-order valence-corrected chi connectivity index (χ4v) is 11.8. The molecular weight excluding hydrogens is 873 g/mol. The zero-order valence-corrected chi connectivity index (χ0v) is 40.1. The van der Waals surface area contributed by atoms with Gasteiger partial charge in [-0.2, -0.15) is 0 Å². The average molecular weight is 921 g/mol. The number of nitrogens with zero attached hydrogens (tertiary/aromatic N) is 2. The molecule has 0 unspecified atom stereocenters. The van der Waals surface area contributed by atoms with Gasteiger partial charge in [0, 0.05) is 44.0 Å². The summed E-state index contributed by atoms with van der Waals surface area (Å²) < 4.78 is 9.40. The first-order valence-corrected chi connectivity index (χ1v) is 24.9. The van der Waals surface area contributed by atoms with Crippen molar-refractivity contribution in [1.82, 2.24) is 4.57 Å². The average Bonchev–Trinajstić information content (AvgIpc) is 4.07. The lowest BCUT2D eigenvalue weighted by Crippen LogP contribution is -2.17. The molecule has 0 bridgehead atoms. The molecule has 13 aromatic rings. The summed E-state index contributed by atoms with van der Waals surface area (Å²) in [5, 5.41) is 4.56. The van der Waals surface area contributed by atoms with E-state index < -0.39 is 0 Å². The summed E-state index contributed by atoms with van der Waals surface area (Å²) in [4.78, 5) is 2.57. The zero-order valence-electron chi connectivity index (χ0n) is 40.1. The topological polar surface area (TPSA) is 21.3 Å². The number of furan rings is 1. The van der Waals surface area contributed by atoms with Gasteiger partial charge >= 0.3 is 0 Å². The smallest absolute Gasteiger partial charge is 0.137 e. The minimum atomic E-state index is -0.215. The molecule has 0 atom stereocenters. The molecule has 3 nitrogen and oxygen atoms in total. The van der Waals surface area contributed by atoms with E-state index in [9.17, 15) is 0 Å². The first-order valence-electron chi connectivity index (χ1n) is 24.9. The molecule has 2 aromatic heterocycles. The molecule has 0 saturated heterocycles. The van der Waals surface area contributed by atoms with Crippen molar-refractivity contribution in [3.63, 3.8) is 0 Å². The third-order valence-corrected chi connectivity index (χ3v) is 15.2. The summed E-state index contributed by atoms with van der Waals surface area (Å²) in [6, 6.07) is 93.0. The number of anilines is 3. The Bertz CT molecular complexity index is 4220. The van der Waals surface area contributed by atoms with Gasteiger partial charge in [0.1, 0.15) is 11.2 Å². The van der Waals surface area contributed by atoms with E-state index in [2.05, 4.69) is 278 Å². The van der Waals surface area contributed by atoms with Crippen LogP contribution in [0.25, 0.3) is 105 Å². The lowest BCUT2D eigenvalue weighted by atomic mass is 9.82. The Balaban J connectivity index is 1.08. The number of hydrogen-bond acceptors (Lipinski definition) is 2. The highest BCUT2D eigenvalue weighted by Crippen LogP contribution is 2.58. The molecule has 11 aromatic carbocycles. The van der Waals surface area contributed by atoms with E-state index in [4.69, 9.17) is 4.42 Å². The van der Waals surface area contributed by atoms with Crippen molar-refractivity contribution in [3.05, 3.63) is 266 Å². The van der Waals surface area contributed by atoms with Gasteiger partial charge in [0.2, 0.25) is 0 Å². The zero-order chi connectivity index (χ0) is 47.9. The van der Waals surface area contributed by atoms with E-state index in [0.717, 1.165) is 83.6 Å². The highest BCUT2D eigenvalue weighted by atomic mass is 16.3.